The van der Waals surface area contributed by atoms with Crippen LogP contribution in [0.15, 0.2) is 27.6 Å². The maximum Gasteiger partial charge on any atom is 0.326 e. The third kappa shape index (κ3) is 4.15. The molecule has 0 spiro atoms. The van der Waals surface area contributed by atoms with Crippen LogP contribution in [0.1, 0.15) is 0 Å². The Labute approximate surface area is 123 Å². The van der Waals surface area contributed by atoms with Crippen molar-refractivity contribution < 1.29 is 23.1 Å². The molecule has 0 aliphatic carbocycles. The van der Waals surface area contributed by atoms with Gasteiger partial charge in [-0.2, -0.15) is 4.72 Å². The number of esters is 1. The molecule has 0 unspecified atom stereocenters. The van der Waals surface area contributed by atoms with Gasteiger partial charge in [-0.05, 0) is 34.1 Å². The molecule has 0 aliphatic rings. The number of sulfonamides is 1. The number of hydrogen-bond donors (Lipinski definition) is 2. The molecule has 2 N–H and O–H groups in total. The van der Waals surface area contributed by atoms with Crippen LogP contribution in [0.25, 0.3) is 0 Å². The highest BCUT2D eigenvalue weighted by Crippen LogP contribution is 2.25. The fourth-order valence-corrected chi connectivity index (χ4v) is 3.05. The highest BCUT2D eigenvalue weighted by atomic mass is 79.9. The molecule has 0 bridgehead atoms. The van der Waals surface area contributed by atoms with Crippen LogP contribution >= 0.6 is 27.5 Å². The van der Waals surface area contributed by atoms with Crippen molar-refractivity contribution in [3.63, 3.8) is 0 Å². The molecule has 0 fully saturated rings. The van der Waals surface area contributed by atoms with Gasteiger partial charge in [0.25, 0.3) is 0 Å². The largest absolute Gasteiger partial charge is 0.468 e. The van der Waals surface area contributed by atoms with E-state index in [1.165, 1.54) is 18.2 Å². The SMILES string of the molecule is COC(=O)[C@H](CO)NS(=O)(=O)c1ccc(Cl)c(Br)c1. The van der Waals surface area contributed by atoms with Crippen molar-refractivity contribution in [2.45, 2.75) is 10.9 Å². The first-order chi connectivity index (χ1) is 8.81. The fourth-order valence-electron chi connectivity index (χ4n) is 1.20. The minimum Gasteiger partial charge on any atom is -0.468 e. The predicted octanol–water partition coefficient (Wildman–Crippen LogP) is 0.915. The van der Waals surface area contributed by atoms with E-state index in [0.717, 1.165) is 7.11 Å². The van der Waals surface area contributed by atoms with Gasteiger partial charge in [-0.1, -0.05) is 11.6 Å². The standard InChI is InChI=1S/C10H11BrClNO5S/c1-18-10(15)9(5-14)13-19(16,17)6-2-3-8(12)7(11)4-6/h2-4,9,13-14H,5H2,1H3/t9-/m0/s1. The maximum absolute atomic E-state index is 12.0. The zero-order chi connectivity index (χ0) is 14.6. The summed E-state index contributed by atoms with van der Waals surface area (Å²) >= 11 is 8.86. The molecule has 0 aromatic heterocycles. The molecule has 1 aromatic carbocycles. The van der Waals surface area contributed by atoms with Gasteiger partial charge in [-0.3, -0.25) is 4.79 Å². The van der Waals surface area contributed by atoms with Gasteiger partial charge in [-0.25, -0.2) is 8.42 Å². The molecule has 0 radical (unpaired) electrons. The van der Waals surface area contributed by atoms with E-state index >= 15 is 0 Å². The van der Waals surface area contributed by atoms with E-state index in [-0.39, 0.29) is 4.90 Å². The Morgan fingerprint density at radius 3 is 2.68 bits per heavy atom. The Hall–Kier alpha value is -0.670. The lowest BCUT2D eigenvalue weighted by Crippen LogP contribution is -2.43. The predicted molar refractivity (Wildman–Crippen MR) is 72.4 cm³/mol. The Bertz CT molecular complexity index is 577. The molecule has 0 heterocycles. The number of carbonyl (C=O) groups excluding carboxylic acids is 1. The number of carbonyl (C=O) groups is 1. The number of nitrogens with one attached hydrogen (secondary N) is 1. The van der Waals surface area contributed by atoms with Crippen molar-refractivity contribution in [2.24, 2.45) is 0 Å². The summed E-state index contributed by atoms with van der Waals surface area (Å²) in [7, 11) is -2.87. The Balaban J connectivity index is 3.03. The van der Waals surface area contributed by atoms with Crippen molar-refractivity contribution in [1.29, 1.82) is 0 Å². The van der Waals surface area contributed by atoms with Crippen LogP contribution in [-0.2, 0) is 19.6 Å². The van der Waals surface area contributed by atoms with E-state index in [4.69, 9.17) is 16.7 Å². The summed E-state index contributed by atoms with van der Waals surface area (Å²) in [4.78, 5) is 11.1. The van der Waals surface area contributed by atoms with Gasteiger partial charge < -0.3 is 9.84 Å². The number of halogens is 2. The van der Waals surface area contributed by atoms with Gasteiger partial charge in [0.2, 0.25) is 10.0 Å². The zero-order valence-electron chi connectivity index (χ0n) is 9.76. The number of benzene rings is 1. The van der Waals surface area contributed by atoms with Crippen LogP contribution in [0.3, 0.4) is 0 Å². The number of methoxy groups -OCH3 is 1. The summed E-state index contributed by atoms with van der Waals surface area (Å²) in [5, 5.41) is 9.33. The van der Waals surface area contributed by atoms with E-state index in [0.29, 0.717) is 9.50 Å². The molecule has 1 aromatic rings. The zero-order valence-corrected chi connectivity index (χ0v) is 12.9. The Morgan fingerprint density at radius 1 is 1.58 bits per heavy atom. The molecular weight excluding hydrogens is 362 g/mol. The lowest BCUT2D eigenvalue weighted by atomic mass is 10.3. The summed E-state index contributed by atoms with van der Waals surface area (Å²) in [5.41, 5.74) is 0. The molecule has 106 valence electrons. The average Bonchev–Trinajstić information content (AvgIpc) is 2.38. The van der Waals surface area contributed by atoms with Gasteiger partial charge >= 0.3 is 5.97 Å². The molecule has 1 rings (SSSR count). The van der Waals surface area contributed by atoms with Crippen molar-refractivity contribution in [2.75, 3.05) is 13.7 Å². The van der Waals surface area contributed by atoms with Crippen LogP contribution in [-0.4, -0.2) is 39.3 Å². The van der Waals surface area contributed by atoms with Gasteiger partial charge in [0.1, 0.15) is 6.04 Å². The first-order valence-electron chi connectivity index (χ1n) is 4.98. The van der Waals surface area contributed by atoms with Crippen molar-refractivity contribution in [3.05, 3.63) is 27.7 Å². The van der Waals surface area contributed by atoms with Crippen molar-refractivity contribution in [1.82, 2.24) is 4.72 Å². The third-order valence-corrected chi connectivity index (χ3v) is 4.85. The first kappa shape index (κ1) is 16.4. The topological polar surface area (TPSA) is 92.7 Å². The molecule has 0 saturated carbocycles. The lowest BCUT2D eigenvalue weighted by Gasteiger charge is -2.14. The van der Waals surface area contributed by atoms with Gasteiger partial charge in [-0.15, -0.1) is 0 Å². The number of ether oxygens (including phenoxy) is 1. The molecule has 1 atom stereocenters. The molecule has 0 saturated heterocycles. The van der Waals surface area contributed by atoms with E-state index in [1.807, 2.05) is 4.72 Å². The normalized spacial score (nSPS) is 13.1. The summed E-state index contributed by atoms with van der Waals surface area (Å²) in [6.45, 7) is -0.708. The van der Waals surface area contributed by atoms with E-state index in [2.05, 4.69) is 20.7 Å². The van der Waals surface area contributed by atoms with Gasteiger partial charge in [0, 0.05) is 4.47 Å². The monoisotopic (exact) mass is 371 g/mol. The average molecular weight is 373 g/mol. The third-order valence-electron chi connectivity index (χ3n) is 2.17. The summed E-state index contributed by atoms with van der Waals surface area (Å²) < 4.78 is 30.8. The van der Waals surface area contributed by atoms with Crippen LogP contribution < -0.4 is 4.72 Å². The molecule has 19 heavy (non-hydrogen) atoms. The highest BCUT2D eigenvalue weighted by Gasteiger charge is 2.26. The molecule has 6 nitrogen and oxygen atoms in total. The Kier molecular flexibility index (Phi) is 5.75. The second-order valence-corrected chi connectivity index (χ2v) is 6.43. The van der Waals surface area contributed by atoms with Gasteiger partial charge in [0.15, 0.2) is 0 Å². The molecule has 0 amide bonds. The van der Waals surface area contributed by atoms with E-state index in [1.54, 1.807) is 0 Å². The molecule has 9 heteroatoms. The number of rotatable bonds is 5. The summed E-state index contributed by atoms with van der Waals surface area (Å²) in [6.07, 6.45) is 0. The smallest absolute Gasteiger partial charge is 0.326 e. The quantitative estimate of drug-likeness (QED) is 0.750. The minimum absolute atomic E-state index is 0.0915. The molecular formula is C10H11BrClNO5S. The van der Waals surface area contributed by atoms with Crippen molar-refractivity contribution in [3.8, 4) is 0 Å². The minimum atomic E-state index is -3.97. The van der Waals surface area contributed by atoms with Crippen LogP contribution in [0.2, 0.25) is 5.02 Å². The number of aliphatic hydroxyl groups excluding tert-OH is 1. The highest BCUT2D eigenvalue weighted by molar-refractivity contribution is 9.10. The van der Waals surface area contributed by atoms with E-state index < -0.39 is 28.6 Å². The number of hydrogen-bond acceptors (Lipinski definition) is 5. The lowest BCUT2D eigenvalue weighted by molar-refractivity contribution is -0.143. The number of aliphatic hydroxyl groups is 1. The molecule has 0 aliphatic heterocycles. The van der Waals surface area contributed by atoms with E-state index in [9.17, 15) is 13.2 Å². The summed E-state index contributed by atoms with van der Waals surface area (Å²) in [6, 6.07) is 2.61. The van der Waals surface area contributed by atoms with Crippen molar-refractivity contribution >= 4 is 43.5 Å². The van der Waals surface area contributed by atoms with Crippen LogP contribution in [0.4, 0.5) is 0 Å². The Morgan fingerprint density at radius 2 is 2.21 bits per heavy atom. The van der Waals surface area contributed by atoms with Crippen LogP contribution in [0.5, 0.6) is 0 Å². The maximum atomic E-state index is 12.0. The fraction of sp³-hybridized carbons (Fsp3) is 0.300. The second kappa shape index (κ2) is 6.67. The van der Waals surface area contributed by atoms with Gasteiger partial charge in [0.05, 0.1) is 23.6 Å². The van der Waals surface area contributed by atoms with Crippen LogP contribution in [0, 0.1) is 0 Å². The summed E-state index contributed by atoms with van der Waals surface area (Å²) in [5.74, 6) is -0.876. The second-order valence-electron chi connectivity index (χ2n) is 3.46. The first-order valence-corrected chi connectivity index (χ1v) is 7.63.